The third-order valence-corrected chi connectivity index (χ3v) is 4.06. The first-order chi connectivity index (χ1) is 12.1. The molecule has 4 heteroatoms. The standard InChI is InChI=1S/C21H26N2O2/c1-3-4-6-14-20(24)23-19-13-9-12-18(15-19)21(25)22-16(2)17-10-7-5-8-11-17/h5,7-13,15-16H,3-4,6,14H2,1-2H3,(H,22,25)(H,23,24). The lowest BCUT2D eigenvalue weighted by Gasteiger charge is -2.15. The predicted molar refractivity (Wildman–Crippen MR) is 102 cm³/mol. The van der Waals surface area contributed by atoms with Crippen LogP contribution in [0.25, 0.3) is 0 Å². The van der Waals surface area contributed by atoms with Gasteiger partial charge < -0.3 is 10.6 Å². The van der Waals surface area contributed by atoms with Crippen molar-refractivity contribution < 1.29 is 9.59 Å². The minimum atomic E-state index is -0.154. The Bertz CT molecular complexity index is 698. The Morgan fingerprint density at radius 1 is 1.00 bits per heavy atom. The molecule has 0 saturated heterocycles. The predicted octanol–water partition coefficient (Wildman–Crippen LogP) is 4.70. The molecule has 0 aliphatic rings. The fourth-order valence-corrected chi connectivity index (χ4v) is 2.60. The first kappa shape index (κ1) is 18.7. The number of amides is 2. The summed E-state index contributed by atoms with van der Waals surface area (Å²) in [6.45, 7) is 4.06. The van der Waals surface area contributed by atoms with Crippen LogP contribution in [0.3, 0.4) is 0 Å². The highest BCUT2D eigenvalue weighted by Gasteiger charge is 2.12. The van der Waals surface area contributed by atoms with Crippen LogP contribution in [0.1, 0.15) is 61.5 Å². The van der Waals surface area contributed by atoms with Gasteiger partial charge in [-0.05, 0) is 37.1 Å². The summed E-state index contributed by atoms with van der Waals surface area (Å²) in [5, 5.41) is 5.85. The van der Waals surface area contributed by atoms with E-state index in [1.807, 2.05) is 37.3 Å². The number of rotatable bonds is 8. The summed E-state index contributed by atoms with van der Waals surface area (Å²) in [6, 6.07) is 16.8. The molecule has 25 heavy (non-hydrogen) atoms. The van der Waals surface area contributed by atoms with Gasteiger partial charge in [0.2, 0.25) is 5.91 Å². The number of hydrogen-bond acceptors (Lipinski definition) is 2. The van der Waals surface area contributed by atoms with E-state index in [1.54, 1.807) is 24.3 Å². The number of unbranched alkanes of at least 4 members (excludes halogenated alkanes) is 2. The quantitative estimate of drug-likeness (QED) is 0.686. The SMILES string of the molecule is CCCCCC(=O)Nc1cccc(C(=O)NC(C)c2ccccc2)c1. The van der Waals surface area contributed by atoms with E-state index >= 15 is 0 Å². The normalized spacial score (nSPS) is 11.6. The van der Waals surface area contributed by atoms with E-state index in [2.05, 4.69) is 17.6 Å². The van der Waals surface area contributed by atoms with Gasteiger partial charge in [0, 0.05) is 17.7 Å². The monoisotopic (exact) mass is 338 g/mol. The van der Waals surface area contributed by atoms with Crippen LogP contribution in [0.4, 0.5) is 5.69 Å². The summed E-state index contributed by atoms with van der Waals surface area (Å²) < 4.78 is 0. The zero-order valence-corrected chi connectivity index (χ0v) is 14.9. The van der Waals surface area contributed by atoms with Gasteiger partial charge in [-0.1, -0.05) is 56.2 Å². The lowest BCUT2D eigenvalue weighted by Crippen LogP contribution is -2.26. The van der Waals surface area contributed by atoms with Crippen LogP contribution in [0, 0.1) is 0 Å². The van der Waals surface area contributed by atoms with Gasteiger partial charge in [0.05, 0.1) is 6.04 Å². The molecule has 2 aromatic carbocycles. The molecule has 0 saturated carbocycles. The number of carbonyl (C=O) groups is 2. The molecule has 4 nitrogen and oxygen atoms in total. The van der Waals surface area contributed by atoms with Gasteiger partial charge in [0.25, 0.3) is 5.91 Å². The third kappa shape index (κ3) is 6.07. The average molecular weight is 338 g/mol. The largest absolute Gasteiger partial charge is 0.346 e. The van der Waals surface area contributed by atoms with E-state index in [-0.39, 0.29) is 17.9 Å². The Hall–Kier alpha value is -2.62. The van der Waals surface area contributed by atoms with Gasteiger partial charge >= 0.3 is 0 Å². The number of anilines is 1. The van der Waals surface area contributed by atoms with Gasteiger partial charge in [-0.2, -0.15) is 0 Å². The molecule has 2 amide bonds. The van der Waals surface area contributed by atoms with Gasteiger partial charge in [-0.3, -0.25) is 9.59 Å². The maximum Gasteiger partial charge on any atom is 0.251 e. The van der Waals surface area contributed by atoms with E-state index in [1.165, 1.54) is 0 Å². The summed E-state index contributed by atoms with van der Waals surface area (Å²) in [6.07, 6.45) is 3.53. The van der Waals surface area contributed by atoms with Crippen molar-refractivity contribution in [3.8, 4) is 0 Å². The molecule has 0 aliphatic heterocycles. The summed E-state index contributed by atoms with van der Waals surface area (Å²) >= 11 is 0. The summed E-state index contributed by atoms with van der Waals surface area (Å²) in [4.78, 5) is 24.4. The smallest absolute Gasteiger partial charge is 0.251 e. The van der Waals surface area contributed by atoms with E-state index < -0.39 is 0 Å². The van der Waals surface area contributed by atoms with Gasteiger partial charge in [0.15, 0.2) is 0 Å². The lowest BCUT2D eigenvalue weighted by molar-refractivity contribution is -0.116. The van der Waals surface area contributed by atoms with Crippen molar-refractivity contribution in [1.82, 2.24) is 5.32 Å². The second kappa shape index (κ2) is 9.62. The minimum Gasteiger partial charge on any atom is -0.346 e. The number of benzene rings is 2. The molecule has 1 atom stereocenters. The van der Waals surface area contributed by atoms with Crippen molar-refractivity contribution in [3.05, 3.63) is 65.7 Å². The van der Waals surface area contributed by atoms with Crippen molar-refractivity contribution in [2.75, 3.05) is 5.32 Å². The van der Waals surface area contributed by atoms with Crippen molar-refractivity contribution in [1.29, 1.82) is 0 Å². The highest BCUT2D eigenvalue weighted by molar-refractivity contribution is 5.97. The third-order valence-electron chi connectivity index (χ3n) is 4.06. The van der Waals surface area contributed by atoms with E-state index in [9.17, 15) is 9.59 Å². The molecule has 0 aromatic heterocycles. The van der Waals surface area contributed by atoms with Crippen LogP contribution in [-0.2, 0) is 4.79 Å². The first-order valence-electron chi connectivity index (χ1n) is 8.86. The van der Waals surface area contributed by atoms with Gasteiger partial charge in [0.1, 0.15) is 0 Å². The number of hydrogen-bond donors (Lipinski definition) is 2. The molecule has 0 radical (unpaired) electrons. The molecule has 2 N–H and O–H groups in total. The van der Waals surface area contributed by atoms with Crippen LogP contribution in [0.5, 0.6) is 0 Å². The van der Waals surface area contributed by atoms with Crippen LogP contribution in [-0.4, -0.2) is 11.8 Å². The molecule has 1 unspecified atom stereocenters. The average Bonchev–Trinajstić information content (AvgIpc) is 2.63. The molecule has 2 aromatic rings. The van der Waals surface area contributed by atoms with Crippen molar-refractivity contribution in [2.45, 2.75) is 45.6 Å². The fraction of sp³-hybridized carbons (Fsp3) is 0.333. The van der Waals surface area contributed by atoms with Gasteiger partial charge in [-0.15, -0.1) is 0 Å². The molecular weight excluding hydrogens is 312 g/mol. The lowest BCUT2D eigenvalue weighted by atomic mass is 10.1. The molecule has 0 aliphatic carbocycles. The molecular formula is C21H26N2O2. The topological polar surface area (TPSA) is 58.2 Å². The van der Waals surface area contributed by atoms with E-state index in [4.69, 9.17) is 0 Å². The second-order valence-electron chi connectivity index (χ2n) is 6.19. The highest BCUT2D eigenvalue weighted by atomic mass is 16.2. The number of carbonyl (C=O) groups excluding carboxylic acids is 2. The summed E-state index contributed by atoms with van der Waals surface area (Å²) in [7, 11) is 0. The Kier molecular flexibility index (Phi) is 7.20. The maximum atomic E-state index is 12.5. The minimum absolute atomic E-state index is 0.0105. The molecule has 0 spiro atoms. The van der Waals surface area contributed by atoms with Gasteiger partial charge in [-0.25, -0.2) is 0 Å². The zero-order chi connectivity index (χ0) is 18.1. The zero-order valence-electron chi connectivity index (χ0n) is 14.9. The van der Waals surface area contributed by atoms with Crippen LogP contribution >= 0.6 is 0 Å². The Labute approximate surface area is 149 Å². The Morgan fingerprint density at radius 3 is 2.48 bits per heavy atom. The van der Waals surface area contributed by atoms with Crippen molar-refractivity contribution in [2.24, 2.45) is 0 Å². The van der Waals surface area contributed by atoms with Crippen LogP contribution in [0.15, 0.2) is 54.6 Å². The van der Waals surface area contributed by atoms with Crippen molar-refractivity contribution >= 4 is 17.5 Å². The molecule has 2 rings (SSSR count). The highest BCUT2D eigenvalue weighted by Crippen LogP contribution is 2.15. The Balaban J connectivity index is 1.95. The summed E-state index contributed by atoms with van der Waals surface area (Å²) in [5.41, 5.74) is 2.24. The Morgan fingerprint density at radius 2 is 1.76 bits per heavy atom. The maximum absolute atomic E-state index is 12.5. The number of nitrogens with one attached hydrogen (secondary N) is 2. The first-order valence-corrected chi connectivity index (χ1v) is 8.86. The molecule has 0 fully saturated rings. The molecule has 132 valence electrons. The fourth-order valence-electron chi connectivity index (χ4n) is 2.60. The molecule has 0 heterocycles. The van der Waals surface area contributed by atoms with E-state index in [0.29, 0.717) is 17.7 Å². The van der Waals surface area contributed by atoms with Crippen LogP contribution < -0.4 is 10.6 Å². The van der Waals surface area contributed by atoms with Crippen LogP contribution in [0.2, 0.25) is 0 Å². The summed E-state index contributed by atoms with van der Waals surface area (Å²) in [5.74, 6) is -0.165. The van der Waals surface area contributed by atoms with Crippen molar-refractivity contribution in [3.63, 3.8) is 0 Å². The molecule has 0 bridgehead atoms. The van der Waals surface area contributed by atoms with E-state index in [0.717, 1.165) is 24.8 Å². The second-order valence-corrected chi connectivity index (χ2v) is 6.19.